The molecule has 0 radical (unpaired) electrons. The predicted octanol–water partition coefficient (Wildman–Crippen LogP) is 4.78. The highest BCUT2D eigenvalue weighted by atomic mass is 32.2. The van der Waals surface area contributed by atoms with E-state index in [1.165, 1.54) is 11.3 Å². The molecular formula is C23H16F2N6O2S2. The highest BCUT2D eigenvalue weighted by molar-refractivity contribution is 7.92. The number of rotatable bonds is 5. The zero-order chi connectivity index (χ0) is 24.7. The van der Waals surface area contributed by atoms with Gasteiger partial charge in [-0.3, -0.25) is 4.72 Å². The Morgan fingerprint density at radius 2 is 1.71 bits per heavy atom. The number of nitrogens with two attached hydrogens (primary N) is 1. The number of benzene rings is 2. The fourth-order valence-corrected chi connectivity index (χ4v) is 5.63. The SMILES string of the molecule is Cc1c(NS(=O)(=O)c2cc(F)ccc2F)cccc1-c1nc2cc(-c3cnc(N)nc3)cnc2s1. The van der Waals surface area contributed by atoms with Gasteiger partial charge in [-0.2, -0.15) is 0 Å². The van der Waals surface area contributed by atoms with E-state index in [0.717, 1.165) is 23.3 Å². The molecule has 5 rings (SSSR count). The summed E-state index contributed by atoms with van der Waals surface area (Å²) in [5.74, 6) is -1.73. The van der Waals surface area contributed by atoms with Gasteiger partial charge in [-0.1, -0.05) is 23.5 Å². The van der Waals surface area contributed by atoms with Crippen LogP contribution in [0.15, 0.2) is 66.0 Å². The van der Waals surface area contributed by atoms with E-state index in [0.29, 0.717) is 32.5 Å². The van der Waals surface area contributed by atoms with Gasteiger partial charge in [0, 0.05) is 35.3 Å². The van der Waals surface area contributed by atoms with E-state index in [9.17, 15) is 17.2 Å². The van der Waals surface area contributed by atoms with Crippen molar-refractivity contribution in [3.63, 3.8) is 0 Å². The van der Waals surface area contributed by atoms with Gasteiger partial charge >= 0.3 is 0 Å². The van der Waals surface area contributed by atoms with Gasteiger partial charge in [0.05, 0.1) is 5.69 Å². The first kappa shape index (κ1) is 22.7. The van der Waals surface area contributed by atoms with Crippen molar-refractivity contribution in [1.29, 1.82) is 0 Å². The molecule has 0 amide bonds. The van der Waals surface area contributed by atoms with Crippen molar-refractivity contribution in [3.05, 3.63) is 78.3 Å². The van der Waals surface area contributed by atoms with Crippen molar-refractivity contribution in [2.24, 2.45) is 0 Å². The third-order valence-corrected chi connectivity index (χ3v) is 7.64. The van der Waals surface area contributed by atoms with Crippen LogP contribution in [-0.2, 0) is 10.0 Å². The molecule has 5 aromatic rings. The van der Waals surface area contributed by atoms with Crippen LogP contribution in [0, 0.1) is 18.6 Å². The molecule has 176 valence electrons. The molecular weight excluding hydrogens is 494 g/mol. The van der Waals surface area contributed by atoms with Crippen LogP contribution >= 0.6 is 11.3 Å². The Hall–Kier alpha value is -4.03. The number of halogens is 2. The second kappa shape index (κ2) is 8.64. The first-order valence-electron chi connectivity index (χ1n) is 10.1. The van der Waals surface area contributed by atoms with Crippen molar-refractivity contribution in [2.75, 3.05) is 10.5 Å². The second-order valence-corrected chi connectivity index (χ2v) is 10.2. The maximum Gasteiger partial charge on any atom is 0.264 e. The third kappa shape index (κ3) is 4.40. The average molecular weight is 511 g/mol. The number of hydrogen-bond donors (Lipinski definition) is 2. The van der Waals surface area contributed by atoms with Gasteiger partial charge in [-0.15, -0.1) is 0 Å². The Morgan fingerprint density at radius 3 is 2.49 bits per heavy atom. The molecule has 0 spiro atoms. The standard InChI is InChI=1S/C23H16F2N6O2S2/c1-12-16(3-2-4-18(12)31-35(32,33)20-8-15(24)5-6-17(20)25)21-30-19-7-13(9-27-22(19)34-21)14-10-28-23(26)29-11-14/h2-11,31H,1H3,(H2,26,28,29). The van der Waals surface area contributed by atoms with Crippen LogP contribution in [0.25, 0.3) is 32.0 Å². The molecule has 0 aliphatic heterocycles. The normalized spacial score (nSPS) is 11.6. The molecule has 0 aliphatic carbocycles. The lowest BCUT2D eigenvalue weighted by Crippen LogP contribution is -2.15. The van der Waals surface area contributed by atoms with Crippen molar-refractivity contribution in [1.82, 2.24) is 19.9 Å². The first-order valence-corrected chi connectivity index (χ1v) is 12.4. The lowest BCUT2D eigenvalue weighted by Gasteiger charge is -2.13. The van der Waals surface area contributed by atoms with Crippen LogP contribution in [0.4, 0.5) is 20.4 Å². The molecule has 0 atom stereocenters. The summed E-state index contributed by atoms with van der Waals surface area (Å²) in [5.41, 5.74) is 9.16. The highest BCUT2D eigenvalue weighted by Gasteiger charge is 2.22. The second-order valence-electron chi connectivity index (χ2n) is 7.56. The van der Waals surface area contributed by atoms with Gasteiger partial charge in [0.2, 0.25) is 5.95 Å². The topological polar surface area (TPSA) is 124 Å². The fourth-order valence-electron chi connectivity index (χ4n) is 3.44. The van der Waals surface area contributed by atoms with Gasteiger partial charge in [0.25, 0.3) is 10.0 Å². The summed E-state index contributed by atoms with van der Waals surface area (Å²) in [5, 5.41) is 0.619. The number of pyridine rings is 1. The van der Waals surface area contributed by atoms with Gasteiger partial charge in [-0.25, -0.2) is 37.1 Å². The summed E-state index contributed by atoms with van der Waals surface area (Å²) >= 11 is 1.34. The number of sulfonamides is 1. The first-order chi connectivity index (χ1) is 16.7. The summed E-state index contributed by atoms with van der Waals surface area (Å²) in [6, 6.07) is 9.10. The number of fused-ring (bicyclic) bond motifs is 1. The summed E-state index contributed by atoms with van der Waals surface area (Å²) < 4.78 is 55.5. The van der Waals surface area contributed by atoms with E-state index in [2.05, 4.69) is 24.7 Å². The Balaban J connectivity index is 1.51. The molecule has 3 heterocycles. The van der Waals surface area contributed by atoms with E-state index in [1.54, 1.807) is 43.7 Å². The number of aromatic nitrogens is 4. The quantitative estimate of drug-likeness (QED) is 0.349. The molecule has 3 aromatic heterocycles. The zero-order valence-electron chi connectivity index (χ0n) is 18.0. The Labute approximate surface area is 202 Å². The van der Waals surface area contributed by atoms with E-state index in [4.69, 9.17) is 5.73 Å². The van der Waals surface area contributed by atoms with E-state index < -0.39 is 26.6 Å². The number of nitrogens with one attached hydrogen (secondary N) is 1. The summed E-state index contributed by atoms with van der Waals surface area (Å²) in [4.78, 5) is 17.0. The van der Waals surface area contributed by atoms with Crippen LogP contribution in [0.3, 0.4) is 0 Å². The van der Waals surface area contributed by atoms with Crippen molar-refractivity contribution >= 4 is 43.3 Å². The minimum atomic E-state index is -4.37. The molecule has 35 heavy (non-hydrogen) atoms. The summed E-state index contributed by atoms with van der Waals surface area (Å²) in [7, 11) is -4.37. The van der Waals surface area contributed by atoms with Crippen molar-refractivity contribution in [3.8, 4) is 21.7 Å². The average Bonchev–Trinajstić information content (AvgIpc) is 3.25. The van der Waals surface area contributed by atoms with Gasteiger partial charge in [0.1, 0.15) is 31.9 Å². The highest BCUT2D eigenvalue weighted by Crippen LogP contribution is 2.35. The number of hydrogen-bond acceptors (Lipinski definition) is 8. The van der Waals surface area contributed by atoms with Gasteiger partial charge < -0.3 is 5.73 Å². The summed E-state index contributed by atoms with van der Waals surface area (Å²) in [6.07, 6.45) is 4.88. The van der Waals surface area contributed by atoms with Crippen LogP contribution in [-0.4, -0.2) is 28.4 Å². The number of nitrogens with zero attached hydrogens (tertiary/aromatic N) is 4. The van der Waals surface area contributed by atoms with E-state index >= 15 is 0 Å². The molecule has 0 aliphatic rings. The molecule has 0 bridgehead atoms. The maximum atomic E-state index is 14.1. The summed E-state index contributed by atoms with van der Waals surface area (Å²) in [6.45, 7) is 1.71. The Bertz CT molecular complexity index is 1690. The molecule has 12 heteroatoms. The largest absolute Gasteiger partial charge is 0.368 e. The van der Waals surface area contributed by atoms with Gasteiger partial charge in [0.15, 0.2) is 0 Å². The number of nitrogen functional groups attached to an aromatic ring is 1. The maximum absolute atomic E-state index is 14.1. The van der Waals surface area contributed by atoms with Gasteiger partial charge in [-0.05, 0) is 42.8 Å². The molecule has 3 N–H and O–H groups in total. The minimum absolute atomic E-state index is 0.171. The van der Waals surface area contributed by atoms with E-state index in [-0.39, 0.29) is 11.6 Å². The molecule has 0 fully saturated rings. The molecule has 0 saturated carbocycles. The van der Waals surface area contributed by atoms with Crippen LogP contribution in [0.1, 0.15) is 5.56 Å². The molecule has 2 aromatic carbocycles. The molecule has 0 saturated heterocycles. The third-order valence-electron chi connectivity index (χ3n) is 5.24. The van der Waals surface area contributed by atoms with Crippen LogP contribution < -0.4 is 10.5 Å². The number of thiazole rings is 1. The smallest absolute Gasteiger partial charge is 0.264 e. The Kier molecular flexibility index (Phi) is 5.61. The zero-order valence-corrected chi connectivity index (χ0v) is 19.7. The fraction of sp³-hybridized carbons (Fsp3) is 0.0435. The molecule has 0 unspecified atom stereocenters. The van der Waals surface area contributed by atoms with E-state index in [1.807, 2.05) is 6.07 Å². The van der Waals surface area contributed by atoms with Crippen molar-refractivity contribution < 1.29 is 17.2 Å². The van der Waals surface area contributed by atoms with Crippen molar-refractivity contribution in [2.45, 2.75) is 11.8 Å². The van der Waals surface area contributed by atoms with Crippen LogP contribution in [0.2, 0.25) is 0 Å². The lowest BCUT2D eigenvalue weighted by molar-refractivity contribution is 0.555. The molecule has 8 nitrogen and oxygen atoms in total. The monoisotopic (exact) mass is 510 g/mol. The lowest BCUT2D eigenvalue weighted by atomic mass is 10.1. The minimum Gasteiger partial charge on any atom is -0.368 e. The number of anilines is 2. The predicted molar refractivity (Wildman–Crippen MR) is 130 cm³/mol. The van der Waals surface area contributed by atoms with Crippen LogP contribution in [0.5, 0.6) is 0 Å². The Morgan fingerprint density at radius 1 is 0.971 bits per heavy atom.